The molecule has 2 rings (SSSR count). The van der Waals surface area contributed by atoms with Gasteiger partial charge in [-0.05, 0) is 32.5 Å². The Morgan fingerprint density at radius 1 is 1.48 bits per heavy atom. The Morgan fingerprint density at radius 3 is 2.95 bits per heavy atom. The molecule has 0 aliphatic carbocycles. The number of benzene rings is 1. The topological polar surface area (TPSA) is 58.4 Å². The van der Waals surface area contributed by atoms with Gasteiger partial charge >= 0.3 is 0 Å². The van der Waals surface area contributed by atoms with Crippen LogP contribution in [0.15, 0.2) is 30.3 Å². The molecule has 1 saturated heterocycles. The summed E-state index contributed by atoms with van der Waals surface area (Å²) in [5.74, 6) is 0. The van der Waals surface area contributed by atoms with Gasteiger partial charge < -0.3 is 5.32 Å². The predicted molar refractivity (Wildman–Crippen MR) is 87.9 cm³/mol. The molecular weight excluding hydrogens is 290 g/mol. The van der Waals surface area contributed by atoms with E-state index >= 15 is 0 Å². The van der Waals surface area contributed by atoms with Crippen molar-refractivity contribution in [3.8, 4) is 0 Å². The van der Waals surface area contributed by atoms with Gasteiger partial charge in [0.1, 0.15) is 0 Å². The molecule has 1 unspecified atom stereocenters. The summed E-state index contributed by atoms with van der Waals surface area (Å²) < 4.78 is 0. The quantitative estimate of drug-likeness (QED) is 0.671. The number of piperidine rings is 1. The number of para-hydroxylation sites is 1. The van der Waals surface area contributed by atoms with Crippen molar-refractivity contribution in [2.75, 3.05) is 26.7 Å². The van der Waals surface area contributed by atoms with Crippen LogP contribution in [0, 0.1) is 10.1 Å². The monoisotopic (exact) mass is 311 g/mol. The van der Waals surface area contributed by atoms with Gasteiger partial charge in [-0.3, -0.25) is 15.0 Å². The SMILES string of the molecule is CNC1CCCN(C/C=C/c2ccccc2[N+](=O)[O-])C1.Cl. The fourth-order valence-electron chi connectivity index (χ4n) is 2.58. The summed E-state index contributed by atoms with van der Waals surface area (Å²) in [4.78, 5) is 13.0. The van der Waals surface area contributed by atoms with Crippen LogP contribution in [-0.2, 0) is 0 Å². The summed E-state index contributed by atoms with van der Waals surface area (Å²) in [6.45, 7) is 2.97. The van der Waals surface area contributed by atoms with Crippen molar-refractivity contribution >= 4 is 24.2 Å². The van der Waals surface area contributed by atoms with E-state index in [0.29, 0.717) is 11.6 Å². The van der Waals surface area contributed by atoms with E-state index in [1.54, 1.807) is 12.1 Å². The molecule has 0 amide bonds. The van der Waals surface area contributed by atoms with E-state index in [-0.39, 0.29) is 23.0 Å². The number of likely N-dealkylation sites (tertiary alicyclic amines) is 1. The number of rotatable bonds is 5. The van der Waals surface area contributed by atoms with Crippen molar-refractivity contribution in [2.24, 2.45) is 0 Å². The van der Waals surface area contributed by atoms with Crippen molar-refractivity contribution in [1.82, 2.24) is 10.2 Å². The van der Waals surface area contributed by atoms with E-state index in [2.05, 4.69) is 10.2 Å². The van der Waals surface area contributed by atoms with Crippen molar-refractivity contribution in [3.63, 3.8) is 0 Å². The molecule has 0 spiro atoms. The molecule has 1 aromatic rings. The molecule has 1 aliphatic heterocycles. The minimum absolute atomic E-state index is 0. The third kappa shape index (κ3) is 5.12. The van der Waals surface area contributed by atoms with Gasteiger partial charge in [-0.25, -0.2) is 0 Å². The number of hydrogen-bond donors (Lipinski definition) is 1. The Bertz CT molecular complexity index is 494. The molecule has 1 fully saturated rings. The van der Waals surface area contributed by atoms with Crippen LogP contribution in [0.1, 0.15) is 18.4 Å². The maximum atomic E-state index is 10.9. The molecule has 0 saturated carbocycles. The lowest BCUT2D eigenvalue weighted by Crippen LogP contribution is -2.44. The van der Waals surface area contributed by atoms with Gasteiger partial charge in [0, 0.05) is 25.2 Å². The highest BCUT2D eigenvalue weighted by Gasteiger charge is 2.17. The number of nitrogens with one attached hydrogen (secondary N) is 1. The minimum atomic E-state index is -0.336. The highest BCUT2D eigenvalue weighted by molar-refractivity contribution is 5.85. The summed E-state index contributed by atoms with van der Waals surface area (Å²) >= 11 is 0. The molecule has 0 radical (unpaired) electrons. The number of halogens is 1. The third-order valence-corrected chi connectivity index (χ3v) is 3.71. The fourth-order valence-corrected chi connectivity index (χ4v) is 2.58. The summed E-state index contributed by atoms with van der Waals surface area (Å²) in [5.41, 5.74) is 0.829. The first-order chi connectivity index (χ1) is 9.70. The highest BCUT2D eigenvalue weighted by atomic mass is 35.5. The average molecular weight is 312 g/mol. The van der Waals surface area contributed by atoms with Crippen LogP contribution in [0.25, 0.3) is 6.08 Å². The van der Waals surface area contributed by atoms with Crippen LogP contribution in [0.2, 0.25) is 0 Å². The number of likely N-dealkylation sites (N-methyl/N-ethyl adjacent to an activating group) is 1. The molecule has 6 heteroatoms. The van der Waals surface area contributed by atoms with Crippen molar-refractivity contribution in [2.45, 2.75) is 18.9 Å². The van der Waals surface area contributed by atoms with Gasteiger partial charge in [0.15, 0.2) is 0 Å². The molecule has 1 atom stereocenters. The summed E-state index contributed by atoms with van der Waals surface area (Å²) in [5, 5.41) is 14.2. The van der Waals surface area contributed by atoms with Gasteiger partial charge in [0.25, 0.3) is 5.69 Å². The standard InChI is InChI=1S/C15H21N3O2.ClH/c1-16-14-8-5-11-17(12-14)10-4-7-13-6-2-3-9-15(13)18(19)20;/h2-4,6-7,9,14,16H,5,8,10-12H2,1H3;1H/b7-4+;. The molecule has 116 valence electrons. The first kappa shape index (κ1) is 17.6. The van der Waals surface area contributed by atoms with Gasteiger partial charge in [-0.2, -0.15) is 0 Å². The van der Waals surface area contributed by atoms with Gasteiger partial charge in [-0.15, -0.1) is 12.4 Å². The van der Waals surface area contributed by atoms with E-state index < -0.39 is 0 Å². The highest BCUT2D eigenvalue weighted by Crippen LogP contribution is 2.19. The van der Waals surface area contributed by atoms with E-state index in [1.807, 2.05) is 25.3 Å². The first-order valence-corrected chi connectivity index (χ1v) is 7.00. The van der Waals surface area contributed by atoms with Gasteiger partial charge in [0.2, 0.25) is 0 Å². The smallest absolute Gasteiger partial charge is 0.276 e. The van der Waals surface area contributed by atoms with Crippen LogP contribution in [0.4, 0.5) is 5.69 Å². The zero-order valence-corrected chi connectivity index (χ0v) is 13.0. The van der Waals surface area contributed by atoms with E-state index in [1.165, 1.54) is 18.9 Å². The van der Waals surface area contributed by atoms with Crippen molar-refractivity contribution in [1.29, 1.82) is 0 Å². The number of nitro groups is 1. The van der Waals surface area contributed by atoms with Crippen LogP contribution in [0.3, 0.4) is 0 Å². The normalized spacial score (nSPS) is 19.4. The molecular formula is C15H22ClN3O2. The Morgan fingerprint density at radius 2 is 2.24 bits per heavy atom. The van der Waals surface area contributed by atoms with Crippen LogP contribution < -0.4 is 5.32 Å². The van der Waals surface area contributed by atoms with Crippen molar-refractivity contribution in [3.05, 3.63) is 46.0 Å². The number of nitrogens with zero attached hydrogens (tertiary/aromatic N) is 2. The Balaban J connectivity index is 0.00000220. The predicted octanol–water partition coefficient (Wildman–Crippen LogP) is 2.71. The Labute approximate surface area is 131 Å². The summed E-state index contributed by atoms with van der Waals surface area (Å²) in [7, 11) is 2.00. The lowest BCUT2D eigenvalue weighted by atomic mass is 10.1. The minimum Gasteiger partial charge on any atom is -0.316 e. The maximum absolute atomic E-state index is 10.9. The second-order valence-electron chi connectivity index (χ2n) is 5.11. The zero-order valence-electron chi connectivity index (χ0n) is 12.2. The lowest BCUT2D eigenvalue weighted by molar-refractivity contribution is -0.385. The van der Waals surface area contributed by atoms with Crippen LogP contribution >= 0.6 is 12.4 Å². The number of nitro benzene ring substituents is 1. The second-order valence-corrected chi connectivity index (χ2v) is 5.11. The molecule has 21 heavy (non-hydrogen) atoms. The largest absolute Gasteiger partial charge is 0.316 e. The molecule has 1 N–H and O–H groups in total. The Kier molecular flexibility index (Phi) is 7.36. The van der Waals surface area contributed by atoms with Gasteiger partial charge in [-0.1, -0.05) is 24.3 Å². The van der Waals surface area contributed by atoms with Crippen LogP contribution in [-0.4, -0.2) is 42.5 Å². The van der Waals surface area contributed by atoms with Gasteiger partial charge in [0.05, 0.1) is 10.5 Å². The summed E-state index contributed by atoms with van der Waals surface area (Å²) in [6, 6.07) is 7.39. The molecule has 1 heterocycles. The molecule has 0 bridgehead atoms. The number of hydrogen-bond acceptors (Lipinski definition) is 4. The third-order valence-electron chi connectivity index (χ3n) is 3.71. The van der Waals surface area contributed by atoms with Crippen molar-refractivity contribution < 1.29 is 4.92 Å². The Hall–Kier alpha value is -1.43. The molecule has 1 aromatic carbocycles. The van der Waals surface area contributed by atoms with Crippen LogP contribution in [0.5, 0.6) is 0 Å². The lowest BCUT2D eigenvalue weighted by Gasteiger charge is -2.31. The maximum Gasteiger partial charge on any atom is 0.276 e. The molecule has 0 aromatic heterocycles. The average Bonchev–Trinajstić information content (AvgIpc) is 2.48. The molecule has 1 aliphatic rings. The first-order valence-electron chi connectivity index (χ1n) is 7.00. The van der Waals surface area contributed by atoms with E-state index in [9.17, 15) is 10.1 Å². The summed E-state index contributed by atoms with van der Waals surface area (Å²) in [6.07, 6.45) is 6.28. The van der Waals surface area contributed by atoms with E-state index in [4.69, 9.17) is 0 Å². The fraction of sp³-hybridized carbons (Fsp3) is 0.467. The van der Waals surface area contributed by atoms with E-state index in [0.717, 1.165) is 19.6 Å². The molecule has 5 nitrogen and oxygen atoms in total. The zero-order chi connectivity index (χ0) is 14.4. The second kappa shape index (κ2) is 8.77.